The van der Waals surface area contributed by atoms with E-state index < -0.39 is 11.9 Å². The number of alkyl halides is 3. The molecule has 0 spiro atoms. The number of aryl methyl sites for hydroxylation is 1. The van der Waals surface area contributed by atoms with Gasteiger partial charge in [-0.15, -0.1) is 12.4 Å². The van der Waals surface area contributed by atoms with Gasteiger partial charge < -0.3 is 10.6 Å². The summed E-state index contributed by atoms with van der Waals surface area (Å²) in [7, 11) is 0. The second-order valence-corrected chi connectivity index (χ2v) is 6.29. The van der Waals surface area contributed by atoms with Gasteiger partial charge in [0.05, 0.1) is 18.3 Å². The first kappa shape index (κ1) is 21.1. The van der Waals surface area contributed by atoms with E-state index in [1.54, 1.807) is 12.3 Å². The Morgan fingerprint density at radius 2 is 2.07 bits per heavy atom. The SMILES string of the molecule is Cc1cnc(CNC(=O)C2CCCN2)cc1-c1ccc(C(F)(F)F)nc1.Cl. The lowest BCUT2D eigenvalue weighted by Crippen LogP contribution is -2.40. The Morgan fingerprint density at radius 1 is 1.30 bits per heavy atom. The van der Waals surface area contributed by atoms with E-state index in [1.165, 1.54) is 12.3 Å². The molecule has 0 radical (unpaired) electrons. The van der Waals surface area contributed by atoms with Crippen LogP contribution in [-0.4, -0.2) is 28.5 Å². The Kier molecular flexibility index (Phi) is 6.78. The van der Waals surface area contributed by atoms with E-state index in [2.05, 4.69) is 20.6 Å². The van der Waals surface area contributed by atoms with E-state index in [0.717, 1.165) is 36.6 Å². The van der Waals surface area contributed by atoms with Crippen LogP contribution in [0.4, 0.5) is 13.2 Å². The third kappa shape index (κ3) is 5.17. The van der Waals surface area contributed by atoms with Crippen molar-refractivity contribution >= 4 is 18.3 Å². The number of pyridine rings is 2. The van der Waals surface area contributed by atoms with Crippen LogP contribution in [0.5, 0.6) is 0 Å². The van der Waals surface area contributed by atoms with E-state index in [0.29, 0.717) is 11.3 Å². The number of carbonyl (C=O) groups excluding carboxylic acids is 1. The van der Waals surface area contributed by atoms with Gasteiger partial charge in [-0.05, 0) is 49.6 Å². The van der Waals surface area contributed by atoms with Crippen molar-refractivity contribution in [3.05, 3.63) is 47.5 Å². The van der Waals surface area contributed by atoms with Crippen LogP contribution in [0, 0.1) is 6.92 Å². The average Bonchev–Trinajstić information content (AvgIpc) is 3.15. The summed E-state index contributed by atoms with van der Waals surface area (Å²) in [5.41, 5.74) is 1.84. The lowest BCUT2D eigenvalue weighted by molar-refractivity contribution is -0.141. The number of nitrogens with zero attached hydrogens (tertiary/aromatic N) is 2. The minimum atomic E-state index is -4.46. The van der Waals surface area contributed by atoms with E-state index in [9.17, 15) is 18.0 Å². The zero-order valence-electron chi connectivity index (χ0n) is 14.6. The molecule has 2 aromatic heterocycles. The van der Waals surface area contributed by atoms with Crippen LogP contribution in [0.1, 0.15) is 29.8 Å². The molecule has 9 heteroatoms. The fourth-order valence-electron chi connectivity index (χ4n) is 2.90. The molecule has 1 amide bonds. The number of amides is 1. The van der Waals surface area contributed by atoms with Gasteiger partial charge in [-0.2, -0.15) is 13.2 Å². The average molecular weight is 401 g/mol. The molecule has 27 heavy (non-hydrogen) atoms. The van der Waals surface area contributed by atoms with E-state index in [-0.39, 0.29) is 30.9 Å². The van der Waals surface area contributed by atoms with Crippen LogP contribution in [0.25, 0.3) is 11.1 Å². The molecule has 1 aliphatic rings. The quantitative estimate of drug-likeness (QED) is 0.826. The van der Waals surface area contributed by atoms with Crippen LogP contribution in [0.3, 0.4) is 0 Å². The molecule has 0 aromatic carbocycles. The summed E-state index contributed by atoms with van der Waals surface area (Å²) in [6, 6.07) is 3.95. The second kappa shape index (κ2) is 8.67. The molecular weight excluding hydrogens is 381 g/mol. The summed E-state index contributed by atoms with van der Waals surface area (Å²) in [5, 5.41) is 5.96. The van der Waals surface area contributed by atoms with Gasteiger partial charge in [0.25, 0.3) is 0 Å². The van der Waals surface area contributed by atoms with Gasteiger partial charge in [-0.25, -0.2) is 0 Å². The molecule has 1 fully saturated rings. The summed E-state index contributed by atoms with van der Waals surface area (Å²) < 4.78 is 38.0. The summed E-state index contributed by atoms with van der Waals surface area (Å²) in [6.45, 7) is 2.93. The number of aromatic nitrogens is 2. The monoisotopic (exact) mass is 400 g/mol. The second-order valence-electron chi connectivity index (χ2n) is 6.29. The molecule has 0 aliphatic carbocycles. The van der Waals surface area contributed by atoms with Crippen LogP contribution >= 0.6 is 12.4 Å². The smallest absolute Gasteiger partial charge is 0.349 e. The van der Waals surface area contributed by atoms with Crippen molar-refractivity contribution in [3.63, 3.8) is 0 Å². The normalized spacial score (nSPS) is 16.7. The first-order valence-corrected chi connectivity index (χ1v) is 8.35. The van der Waals surface area contributed by atoms with Gasteiger partial charge in [0.15, 0.2) is 0 Å². The fourth-order valence-corrected chi connectivity index (χ4v) is 2.90. The Bertz CT molecular complexity index is 790. The highest BCUT2D eigenvalue weighted by molar-refractivity contribution is 5.85. The number of carbonyl (C=O) groups is 1. The van der Waals surface area contributed by atoms with Crippen molar-refractivity contribution < 1.29 is 18.0 Å². The number of hydrogen-bond donors (Lipinski definition) is 2. The van der Waals surface area contributed by atoms with Crippen LogP contribution < -0.4 is 10.6 Å². The fraction of sp³-hybridized carbons (Fsp3) is 0.389. The van der Waals surface area contributed by atoms with Gasteiger partial charge in [-0.3, -0.25) is 14.8 Å². The maximum absolute atomic E-state index is 12.7. The van der Waals surface area contributed by atoms with Gasteiger partial charge in [-0.1, -0.05) is 6.07 Å². The predicted octanol–water partition coefficient (Wildman–Crippen LogP) is 3.26. The molecule has 146 valence electrons. The molecule has 1 aliphatic heterocycles. The lowest BCUT2D eigenvalue weighted by atomic mass is 10.0. The summed E-state index contributed by atoms with van der Waals surface area (Å²) in [4.78, 5) is 19.8. The minimum Gasteiger partial charge on any atom is -0.349 e. The zero-order valence-corrected chi connectivity index (χ0v) is 15.5. The first-order chi connectivity index (χ1) is 12.3. The molecule has 2 aromatic rings. The van der Waals surface area contributed by atoms with Crippen molar-refractivity contribution in [2.24, 2.45) is 0 Å². The largest absolute Gasteiger partial charge is 0.433 e. The molecule has 1 unspecified atom stereocenters. The first-order valence-electron chi connectivity index (χ1n) is 8.35. The van der Waals surface area contributed by atoms with Gasteiger partial charge in [0, 0.05) is 18.0 Å². The molecule has 2 N–H and O–H groups in total. The topological polar surface area (TPSA) is 66.9 Å². The predicted molar refractivity (Wildman–Crippen MR) is 97.3 cm³/mol. The Hall–Kier alpha value is -2.19. The number of hydrogen-bond acceptors (Lipinski definition) is 4. The number of nitrogens with one attached hydrogen (secondary N) is 2. The molecule has 3 heterocycles. The van der Waals surface area contributed by atoms with Crippen molar-refractivity contribution in [2.45, 2.75) is 38.5 Å². The van der Waals surface area contributed by atoms with Crippen molar-refractivity contribution in [1.29, 1.82) is 0 Å². The van der Waals surface area contributed by atoms with E-state index >= 15 is 0 Å². The Morgan fingerprint density at radius 3 is 2.67 bits per heavy atom. The van der Waals surface area contributed by atoms with Gasteiger partial charge >= 0.3 is 6.18 Å². The van der Waals surface area contributed by atoms with Crippen molar-refractivity contribution in [3.8, 4) is 11.1 Å². The Balaban J connectivity index is 0.00000261. The third-order valence-corrected chi connectivity index (χ3v) is 4.35. The molecule has 5 nitrogen and oxygen atoms in total. The highest BCUT2D eigenvalue weighted by Gasteiger charge is 2.32. The molecule has 0 bridgehead atoms. The Labute approximate surface area is 161 Å². The highest BCUT2D eigenvalue weighted by Crippen LogP contribution is 2.29. The van der Waals surface area contributed by atoms with Crippen LogP contribution in [-0.2, 0) is 17.5 Å². The highest BCUT2D eigenvalue weighted by atomic mass is 35.5. The summed E-state index contributed by atoms with van der Waals surface area (Å²) in [5.74, 6) is -0.0670. The van der Waals surface area contributed by atoms with Crippen molar-refractivity contribution in [2.75, 3.05) is 6.54 Å². The minimum absolute atomic E-state index is 0. The standard InChI is InChI=1S/C18H19F3N4O.ClH/c1-11-8-23-13(10-25-17(26)15-3-2-6-22-15)7-14(11)12-4-5-16(24-9-12)18(19,20)21;/h4-5,7-9,15,22H,2-3,6,10H2,1H3,(H,25,26);1H. The molecule has 1 atom stereocenters. The molecule has 0 saturated carbocycles. The van der Waals surface area contributed by atoms with Crippen LogP contribution in [0.15, 0.2) is 30.6 Å². The molecule has 3 rings (SSSR count). The van der Waals surface area contributed by atoms with Crippen molar-refractivity contribution in [1.82, 2.24) is 20.6 Å². The molecule has 1 saturated heterocycles. The molecular formula is C18H20ClF3N4O. The summed E-state index contributed by atoms with van der Waals surface area (Å²) in [6.07, 6.45) is 0.176. The third-order valence-electron chi connectivity index (χ3n) is 4.35. The maximum Gasteiger partial charge on any atom is 0.433 e. The summed E-state index contributed by atoms with van der Waals surface area (Å²) >= 11 is 0. The van der Waals surface area contributed by atoms with Crippen LogP contribution in [0.2, 0.25) is 0 Å². The van der Waals surface area contributed by atoms with E-state index in [1.807, 2.05) is 6.92 Å². The van der Waals surface area contributed by atoms with Gasteiger partial charge in [0.2, 0.25) is 5.91 Å². The lowest BCUT2D eigenvalue weighted by Gasteiger charge is -2.13. The maximum atomic E-state index is 12.7. The van der Waals surface area contributed by atoms with Gasteiger partial charge in [0.1, 0.15) is 5.69 Å². The van der Waals surface area contributed by atoms with E-state index in [4.69, 9.17) is 0 Å². The zero-order chi connectivity index (χ0) is 18.7. The number of halogens is 4. The number of rotatable bonds is 4.